The summed E-state index contributed by atoms with van der Waals surface area (Å²) in [5.41, 5.74) is 1.04. The van der Waals surface area contributed by atoms with Crippen LogP contribution in [0.3, 0.4) is 0 Å². The first-order valence-electron chi connectivity index (χ1n) is 5.68. The summed E-state index contributed by atoms with van der Waals surface area (Å²) in [5.74, 6) is -1.39. The van der Waals surface area contributed by atoms with Crippen molar-refractivity contribution in [2.45, 2.75) is 26.2 Å². The third-order valence-corrected chi connectivity index (χ3v) is 2.36. The van der Waals surface area contributed by atoms with Crippen molar-refractivity contribution < 1.29 is 19.5 Å². The lowest BCUT2D eigenvalue weighted by molar-refractivity contribution is -0.138. The Morgan fingerprint density at radius 2 is 1.94 bits per heavy atom. The molecule has 2 N–H and O–H groups in total. The Morgan fingerprint density at radius 1 is 1.22 bits per heavy atom. The highest BCUT2D eigenvalue weighted by Crippen LogP contribution is 2.12. The Balaban J connectivity index is 2.64. The summed E-state index contributed by atoms with van der Waals surface area (Å²) in [5, 5.41) is 11.0. The lowest BCUT2D eigenvalue weighted by Crippen LogP contribution is -2.13. The number of carboxylic acids is 1. The molecule has 1 rings (SSSR count). The van der Waals surface area contributed by atoms with Crippen LogP contribution in [0.4, 0.5) is 5.69 Å². The van der Waals surface area contributed by atoms with E-state index in [4.69, 9.17) is 5.11 Å². The van der Waals surface area contributed by atoms with E-state index in [1.807, 2.05) is 0 Å². The number of anilines is 1. The number of carboxylic acid groups (broad SMARTS) is 1. The predicted octanol–water partition coefficient (Wildman–Crippen LogP) is 2.08. The fourth-order valence-electron chi connectivity index (χ4n) is 1.42. The summed E-state index contributed by atoms with van der Waals surface area (Å²) in [6.45, 7) is 1.76. The lowest BCUT2D eigenvalue weighted by atomic mass is 10.1. The molecule has 0 aliphatic carbocycles. The molecule has 1 aromatic rings. The second-order valence-corrected chi connectivity index (χ2v) is 3.80. The molecule has 0 bridgehead atoms. The van der Waals surface area contributed by atoms with Gasteiger partial charge in [0, 0.05) is 24.1 Å². The Morgan fingerprint density at radius 3 is 2.56 bits per heavy atom. The van der Waals surface area contributed by atoms with Gasteiger partial charge in [-0.05, 0) is 12.1 Å². The molecule has 0 spiro atoms. The largest absolute Gasteiger partial charge is 0.481 e. The minimum Gasteiger partial charge on any atom is -0.481 e. The number of rotatable bonds is 6. The number of hydrogen-bond acceptors (Lipinski definition) is 3. The molecule has 96 valence electrons. The minimum absolute atomic E-state index is 0.00312. The molecule has 18 heavy (non-hydrogen) atoms. The quantitative estimate of drug-likeness (QED) is 0.756. The van der Waals surface area contributed by atoms with Crippen molar-refractivity contribution >= 4 is 23.3 Å². The number of aliphatic carboxylic acids is 1. The summed E-state index contributed by atoms with van der Waals surface area (Å²) >= 11 is 0. The minimum atomic E-state index is -1.01. The van der Waals surface area contributed by atoms with Gasteiger partial charge < -0.3 is 10.4 Å². The zero-order valence-electron chi connectivity index (χ0n) is 10.1. The molecule has 0 fully saturated rings. The standard InChI is InChI=1S/C13H15NO4/c1-2-11(15)9-4-3-5-10(8-9)14-12(16)6-7-13(17)18/h3-5,8H,2,6-7H2,1H3,(H,14,16)(H,17,18). The van der Waals surface area contributed by atoms with Crippen LogP contribution in [-0.4, -0.2) is 22.8 Å². The van der Waals surface area contributed by atoms with Gasteiger partial charge >= 0.3 is 5.97 Å². The van der Waals surface area contributed by atoms with Crippen molar-refractivity contribution in [2.75, 3.05) is 5.32 Å². The first-order valence-corrected chi connectivity index (χ1v) is 5.68. The van der Waals surface area contributed by atoms with E-state index in [2.05, 4.69) is 5.32 Å². The molecule has 0 unspecified atom stereocenters. The molecule has 5 nitrogen and oxygen atoms in total. The Bertz CT molecular complexity index is 468. The first kappa shape index (κ1) is 13.9. The van der Waals surface area contributed by atoms with E-state index < -0.39 is 5.97 Å². The Kier molecular flexibility index (Phi) is 5.05. The second kappa shape index (κ2) is 6.54. The van der Waals surface area contributed by atoms with E-state index in [-0.39, 0.29) is 24.5 Å². The van der Waals surface area contributed by atoms with Crippen LogP contribution in [0.5, 0.6) is 0 Å². The Hall–Kier alpha value is -2.17. The van der Waals surface area contributed by atoms with Gasteiger partial charge in [-0.2, -0.15) is 0 Å². The molecule has 0 saturated carbocycles. The van der Waals surface area contributed by atoms with Crippen LogP contribution >= 0.6 is 0 Å². The second-order valence-electron chi connectivity index (χ2n) is 3.80. The van der Waals surface area contributed by atoms with Crippen LogP contribution in [-0.2, 0) is 9.59 Å². The normalized spacial score (nSPS) is 9.83. The van der Waals surface area contributed by atoms with Gasteiger partial charge in [0.1, 0.15) is 0 Å². The number of benzene rings is 1. The molecule has 1 amide bonds. The fourth-order valence-corrected chi connectivity index (χ4v) is 1.42. The van der Waals surface area contributed by atoms with Gasteiger partial charge in [-0.3, -0.25) is 14.4 Å². The smallest absolute Gasteiger partial charge is 0.303 e. The number of amides is 1. The first-order chi connectivity index (χ1) is 8.52. The molecule has 5 heteroatoms. The van der Waals surface area contributed by atoms with Crippen LogP contribution in [0, 0.1) is 0 Å². The van der Waals surface area contributed by atoms with Gasteiger partial charge in [-0.25, -0.2) is 0 Å². The van der Waals surface area contributed by atoms with Gasteiger partial charge in [0.15, 0.2) is 5.78 Å². The molecule has 0 aromatic heterocycles. The van der Waals surface area contributed by atoms with Crippen molar-refractivity contribution in [2.24, 2.45) is 0 Å². The molecule has 0 heterocycles. The summed E-state index contributed by atoms with van der Waals surface area (Å²) in [4.78, 5) is 33.2. The van der Waals surface area contributed by atoms with E-state index in [0.717, 1.165) is 0 Å². The van der Waals surface area contributed by atoms with Crippen LogP contribution in [0.1, 0.15) is 36.5 Å². The molecular weight excluding hydrogens is 234 g/mol. The maximum Gasteiger partial charge on any atom is 0.303 e. The van der Waals surface area contributed by atoms with E-state index in [9.17, 15) is 14.4 Å². The molecule has 0 aliphatic heterocycles. The van der Waals surface area contributed by atoms with E-state index >= 15 is 0 Å². The van der Waals surface area contributed by atoms with Crippen LogP contribution in [0.25, 0.3) is 0 Å². The lowest BCUT2D eigenvalue weighted by Gasteiger charge is -2.05. The zero-order valence-corrected chi connectivity index (χ0v) is 10.1. The molecule has 0 aliphatic rings. The highest BCUT2D eigenvalue weighted by Gasteiger charge is 2.07. The number of carbonyl (C=O) groups excluding carboxylic acids is 2. The topological polar surface area (TPSA) is 83.5 Å². The molecule has 0 atom stereocenters. The molecule has 0 saturated heterocycles. The molecule has 1 aromatic carbocycles. The maximum atomic E-state index is 11.5. The van der Waals surface area contributed by atoms with Gasteiger partial charge in [0.2, 0.25) is 5.91 Å². The maximum absolute atomic E-state index is 11.5. The van der Waals surface area contributed by atoms with Gasteiger partial charge in [-0.1, -0.05) is 19.1 Å². The number of Topliss-reactive ketones (excluding diaryl/α,β-unsaturated/α-hetero) is 1. The van der Waals surface area contributed by atoms with E-state index in [1.165, 1.54) is 0 Å². The number of hydrogen-bond donors (Lipinski definition) is 2. The highest BCUT2D eigenvalue weighted by molar-refractivity contribution is 5.98. The van der Waals surface area contributed by atoms with Gasteiger partial charge in [-0.15, -0.1) is 0 Å². The average molecular weight is 249 g/mol. The third-order valence-electron chi connectivity index (χ3n) is 2.36. The SMILES string of the molecule is CCC(=O)c1cccc(NC(=O)CCC(=O)O)c1. The van der Waals surface area contributed by atoms with E-state index in [0.29, 0.717) is 17.7 Å². The van der Waals surface area contributed by atoms with Gasteiger partial charge in [0.05, 0.1) is 6.42 Å². The predicted molar refractivity (Wildman–Crippen MR) is 66.6 cm³/mol. The van der Waals surface area contributed by atoms with Crippen molar-refractivity contribution in [3.05, 3.63) is 29.8 Å². The van der Waals surface area contributed by atoms with Crippen molar-refractivity contribution in [1.29, 1.82) is 0 Å². The van der Waals surface area contributed by atoms with Gasteiger partial charge in [0.25, 0.3) is 0 Å². The monoisotopic (exact) mass is 249 g/mol. The fraction of sp³-hybridized carbons (Fsp3) is 0.308. The zero-order chi connectivity index (χ0) is 13.5. The summed E-state index contributed by atoms with van der Waals surface area (Å²) in [6, 6.07) is 6.60. The summed E-state index contributed by atoms with van der Waals surface area (Å²) in [7, 11) is 0. The van der Waals surface area contributed by atoms with Crippen molar-refractivity contribution in [3.63, 3.8) is 0 Å². The third kappa shape index (κ3) is 4.37. The number of ketones is 1. The van der Waals surface area contributed by atoms with Crippen molar-refractivity contribution in [1.82, 2.24) is 0 Å². The van der Waals surface area contributed by atoms with Crippen molar-refractivity contribution in [3.8, 4) is 0 Å². The number of nitrogens with one attached hydrogen (secondary N) is 1. The summed E-state index contributed by atoms with van der Waals surface area (Å²) in [6.07, 6.45) is 0.108. The molecular formula is C13H15NO4. The van der Waals surface area contributed by atoms with Crippen LogP contribution in [0.15, 0.2) is 24.3 Å². The number of carbonyl (C=O) groups is 3. The Labute approximate surface area is 105 Å². The highest BCUT2D eigenvalue weighted by atomic mass is 16.4. The average Bonchev–Trinajstić information content (AvgIpc) is 2.35. The van der Waals surface area contributed by atoms with Crippen LogP contribution < -0.4 is 5.32 Å². The van der Waals surface area contributed by atoms with Crippen LogP contribution in [0.2, 0.25) is 0 Å². The molecule has 0 radical (unpaired) electrons. The summed E-state index contributed by atoms with van der Waals surface area (Å²) < 4.78 is 0. The van der Waals surface area contributed by atoms with E-state index in [1.54, 1.807) is 31.2 Å².